The molecule has 0 radical (unpaired) electrons. The molecule has 1 fully saturated rings. The van der Waals surface area contributed by atoms with Gasteiger partial charge in [0.1, 0.15) is 5.82 Å². The lowest BCUT2D eigenvalue weighted by Gasteiger charge is -2.19. The molecule has 256 valence electrons. The van der Waals surface area contributed by atoms with Gasteiger partial charge in [-0.2, -0.15) is 28.1 Å². The Morgan fingerprint density at radius 1 is 0.796 bits per heavy atom. The molecule has 0 bridgehead atoms. The van der Waals surface area contributed by atoms with Crippen LogP contribution < -0.4 is 31.3 Å². The summed E-state index contributed by atoms with van der Waals surface area (Å²) in [6, 6.07) is 18.1. The lowest BCUT2D eigenvalue weighted by Crippen LogP contribution is -2.42. The first kappa shape index (κ1) is 34.8. The predicted octanol–water partition coefficient (Wildman–Crippen LogP) is 4.61. The van der Waals surface area contributed by atoms with Crippen LogP contribution in [-0.4, -0.2) is 58.5 Å². The van der Waals surface area contributed by atoms with Crippen LogP contribution in [0, 0.1) is 5.82 Å². The Balaban J connectivity index is 1.14. The summed E-state index contributed by atoms with van der Waals surface area (Å²) >= 11 is 6.01. The number of hydrogen-bond acceptors (Lipinski definition) is 9. The van der Waals surface area contributed by atoms with E-state index in [2.05, 4.69) is 41.5 Å². The third-order valence-corrected chi connectivity index (χ3v) is 7.40. The number of aromatic nitrogens is 3. The third-order valence-electron chi connectivity index (χ3n) is 7.15. The van der Waals surface area contributed by atoms with E-state index in [1.165, 1.54) is 48.5 Å². The summed E-state index contributed by atoms with van der Waals surface area (Å²) in [5, 5.41) is 14.0. The molecule has 0 atom stereocenters. The maximum Gasteiger partial charge on any atom is 0.422 e. The van der Waals surface area contributed by atoms with Crippen LogP contribution >= 0.6 is 11.6 Å². The van der Waals surface area contributed by atoms with E-state index in [4.69, 9.17) is 16.3 Å². The van der Waals surface area contributed by atoms with E-state index in [1.54, 1.807) is 12.1 Å². The van der Waals surface area contributed by atoms with Crippen molar-refractivity contribution < 1.29 is 36.7 Å². The maximum atomic E-state index is 13.0. The first-order valence-electron chi connectivity index (χ1n) is 14.8. The van der Waals surface area contributed by atoms with Gasteiger partial charge in [0.25, 0.3) is 5.91 Å². The fraction of sp³-hybridized carbons (Fsp3) is 0.250. The maximum absolute atomic E-state index is 13.0. The number of hydrogen-bond donors (Lipinski definition) is 5. The van der Waals surface area contributed by atoms with Crippen LogP contribution in [0.15, 0.2) is 72.8 Å². The van der Waals surface area contributed by atoms with Gasteiger partial charge in [-0.15, -0.1) is 0 Å². The van der Waals surface area contributed by atoms with Gasteiger partial charge in [-0.1, -0.05) is 35.9 Å². The van der Waals surface area contributed by atoms with Gasteiger partial charge in [0.2, 0.25) is 11.9 Å². The second-order valence-corrected chi connectivity index (χ2v) is 11.3. The van der Waals surface area contributed by atoms with Gasteiger partial charge < -0.3 is 31.3 Å². The van der Waals surface area contributed by atoms with Crippen LogP contribution in [0.1, 0.15) is 34.3 Å². The molecule has 1 aromatic heterocycles. The first-order chi connectivity index (χ1) is 23.4. The average Bonchev–Trinajstić information content (AvgIpc) is 3.85. The number of nitrogens with one attached hydrogen (secondary N) is 5. The number of anilines is 3. The fourth-order valence-corrected chi connectivity index (χ4v) is 4.63. The second kappa shape index (κ2) is 15.1. The Labute approximate surface area is 282 Å². The number of halogens is 5. The number of alkyl halides is 3. The number of carbonyl (C=O) groups is 3. The van der Waals surface area contributed by atoms with Crippen molar-refractivity contribution in [2.45, 2.75) is 31.1 Å². The molecule has 1 heterocycles. The summed E-state index contributed by atoms with van der Waals surface area (Å²) in [6.45, 7) is -1.56. The van der Waals surface area contributed by atoms with E-state index in [-0.39, 0.29) is 37.1 Å². The van der Waals surface area contributed by atoms with Crippen molar-refractivity contribution >= 4 is 46.9 Å². The van der Waals surface area contributed by atoms with E-state index in [0.717, 1.165) is 18.4 Å². The minimum atomic E-state index is -4.61. The van der Waals surface area contributed by atoms with Crippen molar-refractivity contribution in [3.63, 3.8) is 0 Å². The minimum absolute atomic E-state index is 0.00410. The molecule has 3 aromatic carbocycles. The van der Waals surface area contributed by atoms with Gasteiger partial charge in [0, 0.05) is 35.9 Å². The van der Waals surface area contributed by atoms with E-state index in [9.17, 15) is 31.9 Å². The molecular formula is C32H29ClF4N8O4. The van der Waals surface area contributed by atoms with Crippen LogP contribution in [0.4, 0.5) is 35.1 Å². The highest BCUT2D eigenvalue weighted by atomic mass is 35.5. The summed E-state index contributed by atoms with van der Waals surface area (Å²) in [5.41, 5.74) is 1.67. The van der Waals surface area contributed by atoms with Crippen LogP contribution in [0.5, 0.6) is 6.01 Å². The molecule has 12 nitrogen and oxygen atoms in total. The van der Waals surface area contributed by atoms with Crippen molar-refractivity contribution in [2.24, 2.45) is 0 Å². The molecule has 5 rings (SSSR count). The van der Waals surface area contributed by atoms with Crippen molar-refractivity contribution in [1.82, 2.24) is 30.9 Å². The number of ether oxygens (including phenoxy) is 1. The standard InChI is InChI=1S/C32H29ClF4N8O4/c33-22-7-5-21(6-8-22)31(13-14-31)45-29-42-28(43-30(44-29)49-18-32(35,36)37)41-24-11-3-20(4-12-24)25(46)38-15-16-39-26(47)27(48)40-17-19-1-9-23(34)10-2-19/h1-12H,13-18H2,(H,38,46)(H,39,47)(H,40,48)(H2,41,42,43,44,45). The topological polar surface area (TPSA) is 159 Å². The number of nitrogens with zero attached hydrogens (tertiary/aromatic N) is 3. The van der Waals surface area contributed by atoms with Gasteiger partial charge in [-0.25, -0.2) is 4.39 Å². The molecule has 49 heavy (non-hydrogen) atoms. The summed E-state index contributed by atoms with van der Waals surface area (Å²) < 4.78 is 56.4. The van der Waals surface area contributed by atoms with Gasteiger partial charge in [0.15, 0.2) is 6.61 Å². The monoisotopic (exact) mass is 700 g/mol. The highest BCUT2D eigenvalue weighted by Crippen LogP contribution is 2.48. The minimum Gasteiger partial charge on any atom is -0.454 e. The fourth-order valence-electron chi connectivity index (χ4n) is 4.51. The molecule has 0 saturated heterocycles. The molecule has 3 amide bonds. The summed E-state index contributed by atoms with van der Waals surface area (Å²) in [5.74, 6) is -2.77. The van der Waals surface area contributed by atoms with Crippen LogP contribution in [0.3, 0.4) is 0 Å². The number of benzene rings is 3. The van der Waals surface area contributed by atoms with Crippen LogP contribution in [0.2, 0.25) is 5.02 Å². The van der Waals surface area contributed by atoms with E-state index < -0.39 is 47.9 Å². The van der Waals surface area contributed by atoms with Crippen LogP contribution in [0.25, 0.3) is 0 Å². The lowest BCUT2D eigenvalue weighted by atomic mass is 10.1. The van der Waals surface area contributed by atoms with Crippen LogP contribution in [-0.2, 0) is 21.7 Å². The number of rotatable bonds is 13. The molecule has 1 saturated carbocycles. The highest BCUT2D eigenvalue weighted by molar-refractivity contribution is 6.35. The zero-order valence-corrected chi connectivity index (χ0v) is 26.3. The molecule has 4 aromatic rings. The molecule has 0 unspecified atom stereocenters. The van der Waals surface area contributed by atoms with Crippen molar-refractivity contribution in [3.05, 3.63) is 100 Å². The molecule has 1 aliphatic carbocycles. The zero-order chi connectivity index (χ0) is 35.0. The normalized spacial score (nSPS) is 13.2. The van der Waals surface area contributed by atoms with Crippen molar-refractivity contribution in [3.8, 4) is 6.01 Å². The van der Waals surface area contributed by atoms with Gasteiger partial charge >= 0.3 is 24.0 Å². The number of amides is 3. The van der Waals surface area contributed by atoms with Gasteiger partial charge in [0.05, 0.1) is 5.54 Å². The largest absolute Gasteiger partial charge is 0.454 e. The summed E-state index contributed by atoms with van der Waals surface area (Å²) in [4.78, 5) is 48.9. The molecule has 5 N–H and O–H groups in total. The zero-order valence-electron chi connectivity index (χ0n) is 25.5. The van der Waals surface area contributed by atoms with Gasteiger partial charge in [-0.3, -0.25) is 14.4 Å². The van der Waals surface area contributed by atoms with E-state index in [0.29, 0.717) is 16.3 Å². The van der Waals surface area contributed by atoms with Gasteiger partial charge in [-0.05, 0) is 72.5 Å². The van der Waals surface area contributed by atoms with Crippen molar-refractivity contribution in [2.75, 3.05) is 30.3 Å². The SMILES string of the molecule is O=C(NCCNC(=O)c1ccc(Nc2nc(NC3(c4ccc(Cl)cc4)CC3)nc(OCC(F)(F)F)n2)cc1)C(=O)NCc1ccc(F)cc1. The summed E-state index contributed by atoms with van der Waals surface area (Å²) in [7, 11) is 0. The average molecular weight is 701 g/mol. The summed E-state index contributed by atoms with van der Waals surface area (Å²) in [6.07, 6.45) is -3.16. The Morgan fingerprint density at radius 3 is 2.08 bits per heavy atom. The molecular weight excluding hydrogens is 672 g/mol. The Kier molecular flexibility index (Phi) is 10.8. The van der Waals surface area contributed by atoms with E-state index >= 15 is 0 Å². The smallest absolute Gasteiger partial charge is 0.422 e. The molecule has 17 heteroatoms. The molecule has 0 spiro atoms. The number of carbonyl (C=O) groups excluding carboxylic acids is 3. The second-order valence-electron chi connectivity index (χ2n) is 10.9. The Hall–Kier alpha value is -5.51. The third kappa shape index (κ3) is 10.2. The lowest BCUT2D eigenvalue weighted by molar-refractivity contribution is -0.154. The van der Waals surface area contributed by atoms with E-state index in [1.807, 2.05) is 12.1 Å². The Bertz CT molecular complexity index is 1790. The molecule has 0 aliphatic heterocycles. The predicted molar refractivity (Wildman–Crippen MR) is 171 cm³/mol. The Morgan fingerprint density at radius 2 is 1.43 bits per heavy atom. The quantitative estimate of drug-likeness (QED) is 0.0763. The highest BCUT2D eigenvalue weighted by Gasteiger charge is 2.45. The first-order valence-corrected chi connectivity index (χ1v) is 15.2. The molecule has 1 aliphatic rings. The van der Waals surface area contributed by atoms with Crippen molar-refractivity contribution in [1.29, 1.82) is 0 Å².